The zero-order valence-electron chi connectivity index (χ0n) is 37.7. The highest BCUT2D eigenvalue weighted by molar-refractivity contribution is 14.1. The first-order valence-electron chi connectivity index (χ1n) is 24.0. The van der Waals surface area contributed by atoms with Crippen LogP contribution in [0.4, 0.5) is 9.59 Å². The molecule has 0 atom stereocenters. The highest BCUT2D eigenvalue weighted by Crippen LogP contribution is 2.61. The molecule has 5 aromatic rings. The topological polar surface area (TPSA) is 89.5 Å². The van der Waals surface area contributed by atoms with Crippen molar-refractivity contribution in [2.24, 2.45) is 47.3 Å². The number of rotatable bonds is 13. The summed E-state index contributed by atoms with van der Waals surface area (Å²) in [4.78, 5) is 29.5. The van der Waals surface area contributed by atoms with Crippen LogP contribution in [0.2, 0.25) is 0 Å². The molecular formula is C56H58IO8S+. The van der Waals surface area contributed by atoms with Crippen molar-refractivity contribution in [3.8, 4) is 23.0 Å². The summed E-state index contributed by atoms with van der Waals surface area (Å²) in [5, 5.41) is 0. The second kappa shape index (κ2) is 18.1. The third-order valence-corrected chi connectivity index (χ3v) is 19.3. The van der Waals surface area contributed by atoms with Gasteiger partial charge in [0, 0.05) is 3.57 Å². The molecule has 66 heavy (non-hydrogen) atoms. The second-order valence-corrected chi connectivity index (χ2v) is 23.7. The summed E-state index contributed by atoms with van der Waals surface area (Å²) in [6, 6.07) is 40.3. The molecule has 0 unspecified atom stereocenters. The largest absolute Gasteiger partial charge is 0.514 e. The van der Waals surface area contributed by atoms with Crippen molar-refractivity contribution in [1.29, 1.82) is 0 Å². The fourth-order valence-electron chi connectivity index (χ4n) is 13.1. The maximum atomic E-state index is 13.0. The molecule has 0 N–H and O–H groups in total. The molecule has 0 spiro atoms. The molecular weight excluding hydrogens is 960 g/mol. The summed E-state index contributed by atoms with van der Waals surface area (Å²) in [5.74, 6) is 7.49. The number of halogens is 1. The first-order chi connectivity index (χ1) is 32.0. The quantitative estimate of drug-likeness (QED) is 0.0499. The van der Waals surface area contributed by atoms with E-state index in [1.165, 1.54) is 82.5 Å². The summed E-state index contributed by atoms with van der Waals surface area (Å²) in [6.07, 6.45) is 10.9. The molecule has 8 nitrogen and oxygen atoms in total. The zero-order chi connectivity index (χ0) is 45.0. The first kappa shape index (κ1) is 43.9. The molecule has 0 amide bonds. The Morgan fingerprint density at radius 2 is 0.758 bits per heavy atom. The summed E-state index contributed by atoms with van der Waals surface area (Å²) < 4.78 is 37.2. The second-order valence-electron chi connectivity index (χ2n) is 20.5. The third kappa shape index (κ3) is 9.05. The van der Waals surface area contributed by atoms with Crippen LogP contribution in [0.1, 0.15) is 89.2 Å². The average molecular weight is 1020 g/mol. The maximum Gasteiger partial charge on any atom is 0.514 e. The Balaban J connectivity index is 0.676. The Labute approximate surface area is 404 Å². The van der Waals surface area contributed by atoms with Gasteiger partial charge < -0.3 is 28.4 Å². The Kier molecular flexibility index (Phi) is 12.0. The van der Waals surface area contributed by atoms with Crippen LogP contribution in [0.5, 0.6) is 23.0 Å². The van der Waals surface area contributed by atoms with Crippen molar-refractivity contribution in [1.82, 2.24) is 0 Å². The molecule has 0 aliphatic heterocycles. The predicted molar refractivity (Wildman–Crippen MR) is 261 cm³/mol. The van der Waals surface area contributed by atoms with Crippen molar-refractivity contribution in [2.75, 3.05) is 0 Å². The van der Waals surface area contributed by atoms with Crippen LogP contribution in [0.15, 0.2) is 136 Å². The van der Waals surface area contributed by atoms with Crippen molar-refractivity contribution >= 4 is 45.8 Å². The summed E-state index contributed by atoms with van der Waals surface area (Å²) in [5.41, 5.74) is 1.10. The maximum absolute atomic E-state index is 13.0. The van der Waals surface area contributed by atoms with E-state index in [2.05, 4.69) is 85.0 Å². The van der Waals surface area contributed by atoms with Crippen molar-refractivity contribution < 1.29 is 38.0 Å². The third-order valence-electron chi connectivity index (χ3n) is 16.4. The lowest BCUT2D eigenvalue weighted by molar-refractivity contribution is -0.169. The summed E-state index contributed by atoms with van der Waals surface area (Å²) in [7, 11) is -0.366. The molecule has 13 rings (SSSR count). The van der Waals surface area contributed by atoms with Crippen LogP contribution in [0.3, 0.4) is 0 Å². The van der Waals surface area contributed by atoms with Gasteiger partial charge in [0.25, 0.3) is 0 Å². The molecule has 8 fully saturated rings. The van der Waals surface area contributed by atoms with Crippen LogP contribution >= 0.6 is 22.6 Å². The first-order valence-corrected chi connectivity index (χ1v) is 26.3. The average Bonchev–Trinajstić information content (AvgIpc) is 3.31. The van der Waals surface area contributed by atoms with E-state index < -0.39 is 23.5 Å². The van der Waals surface area contributed by atoms with E-state index in [-0.39, 0.29) is 10.9 Å². The van der Waals surface area contributed by atoms with Gasteiger partial charge in [0.15, 0.2) is 14.7 Å². The Hall–Kier alpha value is -4.68. The smallest absolute Gasteiger partial charge is 0.489 e. The minimum absolute atomic E-state index is 0.366. The molecule has 0 aromatic heterocycles. The van der Waals surface area contributed by atoms with Gasteiger partial charge >= 0.3 is 12.3 Å². The molecule has 8 saturated carbocycles. The van der Waals surface area contributed by atoms with Gasteiger partial charge in [-0.15, -0.1) is 0 Å². The number of hydrogen-bond acceptors (Lipinski definition) is 8. The monoisotopic (exact) mass is 1020 g/mol. The fraction of sp³-hybridized carbons (Fsp3) is 0.429. The molecule has 342 valence electrons. The SMILES string of the molecule is CC1(OC(=O)Oc2ccc(COc3ccc([S+](c4ccc(I)cc4)c4ccc(OCc5ccc(OC(=O)OC6(C)C7CC8CC(C7)CC6C8)cc5)cc4)cc3)cc2)C2CC3CC(C2)CC1C3. The van der Waals surface area contributed by atoms with Crippen LogP contribution in [-0.2, 0) is 33.6 Å². The molecule has 8 aliphatic rings. The van der Waals surface area contributed by atoms with Gasteiger partial charge in [-0.2, -0.15) is 0 Å². The van der Waals surface area contributed by atoms with Gasteiger partial charge in [-0.25, -0.2) is 9.59 Å². The van der Waals surface area contributed by atoms with E-state index in [0.29, 0.717) is 48.4 Å². The summed E-state index contributed by atoms with van der Waals surface area (Å²) >= 11 is 2.35. The molecule has 8 aliphatic carbocycles. The van der Waals surface area contributed by atoms with Crippen molar-refractivity contribution in [2.45, 2.75) is 117 Å². The lowest BCUT2D eigenvalue weighted by Gasteiger charge is -2.58. The lowest BCUT2D eigenvalue weighted by atomic mass is 9.50. The van der Waals surface area contributed by atoms with Crippen molar-refractivity contribution in [3.63, 3.8) is 0 Å². The van der Waals surface area contributed by atoms with E-state index >= 15 is 0 Å². The highest BCUT2D eigenvalue weighted by Gasteiger charge is 2.58. The molecule has 10 heteroatoms. The van der Waals surface area contributed by atoms with Crippen LogP contribution < -0.4 is 18.9 Å². The predicted octanol–water partition coefficient (Wildman–Crippen LogP) is 14.0. The van der Waals surface area contributed by atoms with Gasteiger partial charge in [0.2, 0.25) is 0 Å². The highest BCUT2D eigenvalue weighted by atomic mass is 127. The van der Waals surface area contributed by atoms with Gasteiger partial charge in [-0.1, -0.05) is 24.3 Å². The Morgan fingerprint density at radius 1 is 0.455 bits per heavy atom. The number of benzene rings is 5. The molecule has 8 bridgehead atoms. The number of ether oxygens (including phenoxy) is 6. The molecule has 0 heterocycles. The van der Waals surface area contributed by atoms with Crippen LogP contribution in [0.25, 0.3) is 0 Å². The van der Waals surface area contributed by atoms with Gasteiger partial charge in [-0.3, -0.25) is 0 Å². The van der Waals surface area contributed by atoms with E-state index in [4.69, 9.17) is 28.4 Å². The zero-order valence-corrected chi connectivity index (χ0v) is 40.7. The van der Waals surface area contributed by atoms with Gasteiger partial charge in [0.1, 0.15) is 47.4 Å². The Morgan fingerprint density at radius 3 is 1.09 bits per heavy atom. The number of carbonyl (C=O) groups excluding carboxylic acids is 2. The normalized spacial score (nSPS) is 30.3. The standard InChI is InChI=1S/C56H58IO8S/c1-55(41-25-37-23-38(27-41)28-42(55)26-37)64-53(58)62-48-9-3-35(4-10-48)33-60-46-13-19-51(20-14-46)66(50-17-7-45(57)8-18-50)52-21-15-47(16-22-52)61-34-36-5-11-49(12-6-36)63-54(59)65-56(2)43-29-39-24-40(31-43)32-44(56)30-39/h3-22,37-44H,23-34H2,1-2H3/q+1. The van der Waals surface area contributed by atoms with Crippen LogP contribution in [-0.4, -0.2) is 23.5 Å². The molecule has 0 saturated heterocycles. The minimum atomic E-state index is -0.602. The van der Waals surface area contributed by atoms with Crippen molar-refractivity contribution in [3.05, 3.63) is 136 Å². The molecule has 0 radical (unpaired) electrons. The van der Waals surface area contributed by atoms with E-state index in [1.54, 1.807) is 0 Å². The van der Waals surface area contributed by atoms with Gasteiger partial charge in [-0.05, 0) is 256 Å². The van der Waals surface area contributed by atoms with Crippen LogP contribution in [0, 0.1) is 50.9 Å². The van der Waals surface area contributed by atoms with E-state index in [0.717, 1.165) is 46.3 Å². The fourth-order valence-corrected chi connectivity index (χ4v) is 15.5. The minimum Gasteiger partial charge on any atom is -0.489 e. The van der Waals surface area contributed by atoms with Gasteiger partial charge in [0.05, 0.1) is 10.9 Å². The van der Waals surface area contributed by atoms with E-state index in [1.807, 2.05) is 72.8 Å². The summed E-state index contributed by atoms with van der Waals surface area (Å²) in [6.45, 7) is 5.03. The number of carbonyl (C=O) groups is 2. The lowest BCUT2D eigenvalue weighted by Crippen LogP contribution is -2.58. The Bertz CT molecular complexity index is 2310. The van der Waals surface area contributed by atoms with E-state index in [9.17, 15) is 9.59 Å². The number of hydrogen-bond donors (Lipinski definition) is 0. The molecule has 5 aromatic carbocycles.